The van der Waals surface area contributed by atoms with Gasteiger partial charge < -0.3 is 10.4 Å². The molecule has 2 nitrogen and oxygen atoms in total. The Morgan fingerprint density at radius 2 is 1.85 bits per heavy atom. The van der Waals surface area contributed by atoms with Gasteiger partial charge in [0.25, 0.3) is 0 Å². The fraction of sp³-hybridized carbons (Fsp3) is 0.143. The Balaban J connectivity index is 2.08. The summed E-state index contributed by atoms with van der Waals surface area (Å²) in [5.74, 6) is -1.49. The van der Waals surface area contributed by atoms with Gasteiger partial charge in [-0.2, -0.15) is 0 Å². The van der Waals surface area contributed by atoms with Gasteiger partial charge in [-0.1, -0.05) is 29.3 Å². The van der Waals surface area contributed by atoms with Crippen molar-refractivity contribution in [1.82, 2.24) is 0 Å². The second-order valence-electron chi connectivity index (χ2n) is 4.19. The minimum Gasteiger partial charge on any atom is -0.386 e. The fourth-order valence-electron chi connectivity index (χ4n) is 1.72. The average molecular weight is 318 g/mol. The van der Waals surface area contributed by atoms with E-state index in [1.165, 1.54) is 6.07 Å². The summed E-state index contributed by atoms with van der Waals surface area (Å²) in [6.07, 6.45) is -1.13. The standard InChI is InChI=1S/C14H11Cl2F2NO/c15-8-1-4-11(16)13(5-8)19-7-14(20)10-3-2-9(17)6-12(10)18/h1-6,14,19-20H,7H2. The number of anilines is 1. The Morgan fingerprint density at radius 1 is 1.10 bits per heavy atom. The first-order valence-electron chi connectivity index (χ1n) is 5.79. The van der Waals surface area contributed by atoms with E-state index >= 15 is 0 Å². The summed E-state index contributed by atoms with van der Waals surface area (Å²) in [6, 6.07) is 7.86. The first-order valence-corrected chi connectivity index (χ1v) is 6.55. The molecule has 20 heavy (non-hydrogen) atoms. The maximum absolute atomic E-state index is 13.5. The molecule has 0 amide bonds. The Hall–Kier alpha value is -1.36. The summed E-state index contributed by atoms with van der Waals surface area (Å²) in [5.41, 5.74) is 0.540. The van der Waals surface area contributed by atoms with Gasteiger partial charge in [0.2, 0.25) is 0 Å². The van der Waals surface area contributed by atoms with Crippen LogP contribution in [-0.4, -0.2) is 11.7 Å². The predicted molar refractivity (Wildman–Crippen MR) is 76.3 cm³/mol. The number of aliphatic hydroxyl groups excluding tert-OH is 1. The molecule has 6 heteroatoms. The lowest BCUT2D eigenvalue weighted by Crippen LogP contribution is -2.13. The Labute approximate surface area is 125 Å². The van der Waals surface area contributed by atoms with E-state index in [2.05, 4.69) is 5.32 Å². The lowest BCUT2D eigenvalue weighted by molar-refractivity contribution is 0.186. The van der Waals surface area contributed by atoms with Crippen molar-refractivity contribution in [2.24, 2.45) is 0 Å². The summed E-state index contributed by atoms with van der Waals surface area (Å²) >= 11 is 11.8. The molecule has 0 fully saturated rings. The average Bonchev–Trinajstić information content (AvgIpc) is 2.39. The predicted octanol–water partition coefficient (Wildman–Crippen LogP) is 4.42. The van der Waals surface area contributed by atoms with Crippen LogP contribution in [0.5, 0.6) is 0 Å². The highest BCUT2D eigenvalue weighted by molar-refractivity contribution is 6.35. The van der Waals surface area contributed by atoms with Crippen LogP contribution >= 0.6 is 23.2 Å². The van der Waals surface area contributed by atoms with E-state index in [4.69, 9.17) is 23.2 Å². The van der Waals surface area contributed by atoms with Crippen LogP contribution in [0.1, 0.15) is 11.7 Å². The first kappa shape index (κ1) is 15.0. The third-order valence-corrected chi connectivity index (χ3v) is 3.30. The third kappa shape index (κ3) is 3.60. The van der Waals surface area contributed by atoms with Gasteiger partial charge in [-0.3, -0.25) is 0 Å². The topological polar surface area (TPSA) is 32.3 Å². The van der Waals surface area contributed by atoms with Crippen LogP contribution in [0.25, 0.3) is 0 Å². The van der Waals surface area contributed by atoms with Crippen molar-refractivity contribution in [3.05, 3.63) is 63.6 Å². The number of halogens is 4. The van der Waals surface area contributed by atoms with Crippen molar-refractivity contribution in [3.8, 4) is 0 Å². The first-order chi connectivity index (χ1) is 9.47. The molecule has 0 saturated carbocycles. The molecule has 0 saturated heterocycles. The Morgan fingerprint density at radius 3 is 2.55 bits per heavy atom. The van der Waals surface area contributed by atoms with Gasteiger partial charge in [0, 0.05) is 23.2 Å². The molecule has 2 aromatic carbocycles. The molecule has 106 valence electrons. The summed E-state index contributed by atoms with van der Waals surface area (Å²) in [6.45, 7) is 0.0165. The number of rotatable bonds is 4. The van der Waals surface area contributed by atoms with Gasteiger partial charge in [-0.25, -0.2) is 8.78 Å². The van der Waals surface area contributed by atoms with Crippen LogP contribution in [0.3, 0.4) is 0 Å². The molecule has 0 spiro atoms. The maximum Gasteiger partial charge on any atom is 0.131 e. The second kappa shape index (κ2) is 6.39. The number of benzene rings is 2. The van der Waals surface area contributed by atoms with Crippen molar-refractivity contribution < 1.29 is 13.9 Å². The van der Waals surface area contributed by atoms with Gasteiger partial charge >= 0.3 is 0 Å². The van der Waals surface area contributed by atoms with E-state index in [-0.39, 0.29) is 12.1 Å². The molecule has 1 unspecified atom stereocenters. The van der Waals surface area contributed by atoms with Crippen molar-refractivity contribution >= 4 is 28.9 Å². The van der Waals surface area contributed by atoms with E-state index in [9.17, 15) is 13.9 Å². The van der Waals surface area contributed by atoms with Crippen molar-refractivity contribution in [1.29, 1.82) is 0 Å². The molecule has 0 bridgehead atoms. The van der Waals surface area contributed by atoms with Crippen LogP contribution in [0.15, 0.2) is 36.4 Å². The zero-order chi connectivity index (χ0) is 14.7. The maximum atomic E-state index is 13.5. The largest absolute Gasteiger partial charge is 0.386 e. The third-order valence-electron chi connectivity index (χ3n) is 2.74. The quantitative estimate of drug-likeness (QED) is 0.875. The van der Waals surface area contributed by atoms with Crippen LogP contribution in [0.4, 0.5) is 14.5 Å². The van der Waals surface area contributed by atoms with Crippen molar-refractivity contribution in [2.45, 2.75) is 6.10 Å². The Bertz CT molecular complexity index is 622. The van der Waals surface area contributed by atoms with E-state index in [0.29, 0.717) is 15.7 Å². The lowest BCUT2D eigenvalue weighted by Gasteiger charge is -2.15. The van der Waals surface area contributed by atoms with Crippen molar-refractivity contribution in [2.75, 3.05) is 11.9 Å². The molecule has 0 aliphatic carbocycles. The Kier molecular flexibility index (Phi) is 4.81. The molecule has 0 aliphatic heterocycles. The smallest absolute Gasteiger partial charge is 0.131 e. The summed E-state index contributed by atoms with van der Waals surface area (Å²) in [5, 5.41) is 13.7. The van der Waals surface area contributed by atoms with Gasteiger partial charge in [0.15, 0.2) is 0 Å². The fourth-order valence-corrected chi connectivity index (χ4v) is 2.08. The highest BCUT2D eigenvalue weighted by atomic mass is 35.5. The van der Waals surface area contributed by atoms with Gasteiger partial charge in [-0.15, -0.1) is 0 Å². The van der Waals surface area contributed by atoms with Crippen LogP contribution < -0.4 is 5.32 Å². The normalized spacial score (nSPS) is 12.2. The zero-order valence-electron chi connectivity index (χ0n) is 10.2. The van der Waals surface area contributed by atoms with Gasteiger partial charge in [0.05, 0.1) is 16.8 Å². The molecule has 2 rings (SSSR count). The molecule has 2 aromatic rings. The van der Waals surface area contributed by atoms with Crippen LogP contribution in [0, 0.1) is 11.6 Å². The molecule has 1 atom stereocenters. The molecule has 0 aromatic heterocycles. The molecule has 0 radical (unpaired) electrons. The number of nitrogens with one attached hydrogen (secondary N) is 1. The zero-order valence-corrected chi connectivity index (χ0v) is 11.7. The summed E-state index contributed by atoms with van der Waals surface area (Å²) in [4.78, 5) is 0. The van der Waals surface area contributed by atoms with E-state index < -0.39 is 17.7 Å². The van der Waals surface area contributed by atoms with Crippen LogP contribution in [0.2, 0.25) is 10.0 Å². The summed E-state index contributed by atoms with van der Waals surface area (Å²) in [7, 11) is 0. The number of aliphatic hydroxyl groups is 1. The minimum absolute atomic E-state index is 0.0112. The van der Waals surface area contributed by atoms with Gasteiger partial charge in [0.1, 0.15) is 11.6 Å². The van der Waals surface area contributed by atoms with Gasteiger partial charge in [-0.05, 0) is 24.3 Å². The SMILES string of the molecule is OC(CNc1cc(Cl)ccc1Cl)c1ccc(F)cc1F. The van der Waals surface area contributed by atoms with Crippen LogP contribution in [-0.2, 0) is 0 Å². The highest BCUT2D eigenvalue weighted by Gasteiger charge is 2.14. The monoisotopic (exact) mass is 317 g/mol. The van der Waals surface area contributed by atoms with Crippen molar-refractivity contribution in [3.63, 3.8) is 0 Å². The number of hydrogen-bond donors (Lipinski definition) is 2. The second-order valence-corrected chi connectivity index (χ2v) is 5.03. The summed E-state index contributed by atoms with van der Waals surface area (Å²) < 4.78 is 26.3. The van der Waals surface area contributed by atoms with E-state index in [0.717, 1.165) is 12.1 Å². The molecular weight excluding hydrogens is 307 g/mol. The number of hydrogen-bond acceptors (Lipinski definition) is 2. The molecule has 2 N–H and O–H groups in total. The minimum atomic E-state index is -1.13. The highest BCUT2D eigenvalue weighted by Crippen LogP contribution is 2.26. The molecule has 0 aliphatic rings. The van der Waals surface area contributed by atoms with E-state index in [1.54, 1.807) is 18.2 Å². The molecule has 0 heterocycles. The van der Waals surface area contributed by atoms with E-state index in [1.807, 2.05) is 0 Å². The molecular formula is C14H11Cl2F2NO. The lowest BCUT2D eigenvalue weighted by atomic mass is 10.1.